The number of hydrogen-bond donors (Lipinski definition) is 1. The number of aromatic nitrogens is 1. The van der Waals surface area contributed by atoms with E-state index in [1.165, 1.54) is 4.90 Å². The highest BCUT2D eigenvalue weighted by molar-refractivity contribution is 6.06. The zero-order valence-electron chi connectivity index (χ0n) is 12.9. The quantitative estimate of drug-likeness (QED) is 0.941. The van der Waals surface area contributed by atoms with Gasteiger partial charge in [0.25, 0.3) is 5.91 Å². The fourth-order valence-electron chi connectivity index (χ4n) is 3.34. The fourth-order valence-corrected chi connectivity index (χ4v) is 3.34. The summed E-state index contributed by atoms with van der Waals surface area (Å²) in [6.45, 7) is -0.257. The minimum atomic E-state index is -0.975. The Hall–Kier alpha value is -2.43. The molecule has 5 heteroatoms. The zero-order chi connectivity index (χ0) is 16.2. The highest BCUT2D eigenvalue weighted by Crippen LogP contribution is 2.25. The maximum absolute atomic E-state index is 13.0. The second-order valence-electron chi connectivity index (χ2n) is 6.00. The number of amides is 1. The molecule has 1 aliphatic rings. The third-order valence-electron chi connectivity index (χ3n) is 4.45. The van der Waals surface area contributed by atoms with Crippen molar-refractivity contribution in [2.75, 3.05) is 6.54 Å². The molecule has 0 aliphatic heterocycles. The molecular formula is C18H20N2O3. The van der Waals surface area contributed by atoms with Crippen molar-refractivity contribution in [2.24, 2.45) is 0 Å². The van der Waals surface area contributed by atoms with Gasteiger partial charge in [0.1, 0.15) is 6.54 Å². The van der Waals surface area contributed by atoms with E-state index in [9.17, 15) is 14.7 Å². The van der Waals surface area contributed by atoms with Crippen molar-refractivity contribution < 1.29 is 14.7 Å². The van der Waals surface area contributed by atoms with E-state index in [1.807, 2.05) is 24.3 Å². The molecule has 1 heterocycles. The summed E-state index contributed by atoms with van der Waals surface area (Å²) >= 11 is 0. The van der Waals surface area contributed by atoms with E-state index < -0.39 is 5.97 Å². The molecule has 0 unspecified atom stereocenters. The molecule has 23 heavy (non-hydrogen) atoms. The second kappa shape index (κ2) is 6.77. The number of carbonyl (C=O) groups excluding carboxylic acids is 1. The van der Waals surface area contributed by atoms with Crippen LogP contribution in [-0.2, 0) is 4.79 Å². The molecule has 0 saturated heterocycles. The molecule has 0 radical (unpaired) electrons. The van der Waals surface area contributed by atoms with Crippen LogP contribution >= 0.6 is 0 Å². The first-order valence-corrected chi connectivity index (χ1v) is 8.03. The highest BCUT2D eigenvalue weighted by Gasteiger charge is 2.29. The van der Waals surface area contributed by atoms with Crippen LogP contribution in [0.5, 0.6) is 0 Å². The Labute approximate surface area is 134 Å². The van der Waals surface area contributed by atoms with Gasteiger partial charge in [-0.05, 0) is 25.0 Å². The van der Waals surface area contributed by atoms with E-state index in [0.29, 0.717) is 11.1 Å². The standard InChI is InChI=1S/C18H20N2O3/c21-16(22)12-20(14-8-2-1-3-9-14)18(23)15-10-4-6-13-7-5-11-19-17(13)15/h4-7,10-11,14H,1-3,8-9,12H2,(H,21,22). The number of nitrogens with zero attached hydrogens (tertiary/aromatic N) is 2. The van der Waals surface area contributed by atoms with Crippen molar-refractivity contribution in [3.05, 3.63) is 42.1 Å². The molecule has 2 aromatic rings. The summed E-state index contributed by atoms with van der Waals surface area (Å²) < 4.78 is 0. The normalized spacial score (nSPS) is 15.5. The third-order valence-corrected chi connectivity index (χ3v) is 4.45. The summed E-state index contributed by atoms with van der Waals surface area (Å²) in [5.41, 5.74) is 1.11. The molecule has 1 N–H and O–H groups in total. The van der Waals surface area contributed by atoms with Crippen LogP contribution < -0.4 is 0 Å². The van der Waals surface area contributed by atoms with Gasteiger partial charge in [0.15, 0.2) is 0 Å². The number of benzene rings is 1. The van der Waals surface area contributed by atoms with Crippen LogP contribution in [0.1, 0.15) is 42.5 Å². The van der Waals surface area contributed by atoms with E-state index >= 15 is 0 Å². The summed E-state index contributed by atoms with van der Waals surface area (Å²) in [5, 5.41) is 10.1. The number of carboxylic acids is 1. The lowest BCUT2D eigenvalue weighted by Gasteiger charge is -2.33. The van der Waals surface area contributed by atoms with Gasteiger partial charge < -0.3 is 10.0 Å². The van der Waals surface area contributed by atoms with Crippen LogP contribution in [0.3, 0.4) is 0 Å². The lowest BCUT2D eigenvalue weighted by molar-refractivity contribution is -0.138. The highest BCUT2D eigenvalue weighted by atomic mass is 16.4. The van der Waals surface area contributed by atoms with Gasteiger partial charge in [-0.25, -0.2) is 0 Å². The Bertz CT molecular complexity index is 718. The van der Waals surface area contributed by atoms with Crippen molar-refractivity contribution in [3.63, 3.8) is 0 Å². The lowest BCUT2D eigenvalue weighted by atomic mass is 9.93. The Morgan fingerprint density at radius 2 is 1.87 bits per heavy atom. The summed E-state index contributed by atoms with van der Waals surface area (Å²) in [6, 6.07) is 9.19. The van der Waals surface area contributed by atoms with Gasteiger partial charge in [0.05, 0.1) is 11.1 Å². The van der Waals surface area contributed by atoms with Crippen LogP contribution in [0.15, 0.2) is 36.5 Å². The van der Waals surface area contributed by atoms with Crippen LogP contribution in [0.25, 0.3) is 10.9 Å². The molecule has 1 saturated carbocycles. The molecule has 0 bridgehead atoms. The average Bonchev–Trinajstić information content (AvgIpc) is 2.59. The largest absolute Gasteiger partial charge is 0.480 e. The predicted molar refractivity (Wildman–Crippen MR) is 87.3 cm³/mol. The first-order chi connectivity index (χ1) is 11.2. The number of pyridine rings is 1. The SMILES string of the molecule is O=C(O)CN(C(=O)c1cccc2cccnc12)C1CCCCC1. The third kappa shape index (κ3) is 3.33. The summed E-state index contributed by atoms with van der Waals surface area (Å²) in [6.07, 6.45) is 6.64. The maximum Gasteiger partial charge on any atom is 0.323 e. The van der Waals surface area contributed by atoms with E-state index in [2.05, 4.69) is 4.98 Å². The number of hydrogen-bond acceptors (Lipinski definition) is 3. The average molecular weight is 312 g/mol. The van der Waals surface area contributed by atoms with Gasteiger partial charge in [-0.1, -0.05) is 37.5 Å². The lowest BCUT2D eigenvalue weighted by Crippen LogP contribution is -2.44. The number of rotatable bonds is 4. The van der Waals surface area contributed by atoms with Crippen molar-refractivity contribution >= 4 is 22.8 Å². The van der Waals surface area contributed by atoms with Gasteiger partial charge in [-0.2, -0.15) is 0 Å². The fraction of sp³-hybridized carbons (Fsp3) is 0.389. The smallest absolute Gasteiger partial charge is 0.323 e. The van der Waals surface area contributed by atoms with Gasteiger partial charge in [-0.3, -0.25) is 14.6 Å². The molecule has 1 fully saturated rings. The summed E-state index contributed by atoms with van der Waals surface area (Å²) in [4.78, 5) is 30.1. The molecule has 1 amide bonds. The van der Waals surface area contributed by atoms with E-state index in [-0.39, 0.29) is 18.5 Å². The number of fused-ring (bicyclic) bond motifs is 1. The molecule has 0 atom stereocenters. The zero-order valence-corrected chi connectivity index (χ0v) is 12.9. The minimum Gasteiger partial charge on any atom is -0.480 e. The molecule has 1 aromatic carbocycles. The molecule has 0 spiro atoms. The van der Waals surface area contributed by atoms with Crippen LogP contribution in [0, 0.1) is 0 Å². The molecule has 1 aromatic heterocycles. The Kier molecular flexibility index (Phi) is 4.55. The number of carboxylic acid groups (broad SMARTS) is 1. The van der Waals surface area contributed by atoms with Gasteiger partial charge in [0.2, 0.25) is 0 Å². The first kappa shape index (κ1) is 15.5. The summed E-state index contributed by atoms with van der Waals surface area (Å²) in [5.74, 6) is -1.21. The van der Waals surface area contributed by atoms with Gasteiger partial charge in [-0.15, -0.1) is 0 Å². The summed E-state index contributed by atoms with van der Waals surface area (Å²) in [7, 11) is 0. The molecule has 5 nitrogen and oxygen atoms in total. The number of para-hydroxylation sites is 1. The minimum absolute atomic E-state index is 0.00585. The second-order valence-corrected chi connectivity index (χ2v) is 6.00. The number of aliphatic carboxylic acids is 1. The van der Waals surface area contributed by atoms with E-state index in [4.69, 9.17) is 0 Å². The van der Waals surface area contributed by atoms with Crippen LogP contribution in [0.2, 0.25) is 0 Å². The van der Waals surface area contributed by atoms with Crippen LogP contribution in [-0.4, -0.2) is 39.5 Å². The molecule has 3 rings (SSSR count). The molecule has 1 aliphatic carbocycles. The van der Waals surface area contributed by atoms with Crippen molar-refractivity contribution in [1.29, 1.82) is 0 Å². The van der Waals surface area contributed by atoms with Crippen LogP contribution in [0.4, 0.5) is 0 Å². The first-order valence-electron chi connectivity index (χ1n) is 8.03. The van der Waals surface area contributed by atoms with E-state index in [0.717, 1.165) is 37.5 Å². The van der Waals surface area contributed by atoms with Gasteiger partial charge >= 0.3 is 5.97 Å². The van der Waals surface area contributed by atoms with Crippen molar-refractivity contribution in [2.45, 2.75) is 38.1 Å². The Balaban J connectivity index is 1.97. The molecular weight excluding hydrogens is 292 g/mol. The van der Waals surface area contributed by atoms with E-state index in [1.54, 1.807) is 12.3 Å². The van der Waals surface area contributed by atoms with Gasteiger partial charge in [0, 0.05) is 17.6 Å². The Morgan fingerprint density at radius 3 is 2.61 bits per heavy atom. The maximum atomic E-state index is 13.0. The number of carbonyl (C=O) groups is 2. The predicted octanol–water partition coefficient (Wildman–Crippen LogP) is 3.09. The Morgan fingerprint density at radius 1 is 1.13 bits per heavy atom. The monoisotopic (exact) mass is 312 g/mol. The van der Waals surface area contributed by atoms with Crippen molar-refractivity contribution in [1.82, 2.24) is 9.88 Å². The van der Waals surface area contributed by atoms with Crippen molar-refractivity contribution in [3.8, 4) is 0 Å². The molecule has 120 valence electrons. The topological polar surface area (TPSA) is 70.5 Å².